The predicted octanol–water partition coefficient (Wildman–Crippen LogP) is 6.26. The Morgan fingerprint density at radius 3 is 1.78 bits per heavy atom. The molecule has 2 rings (SSSR count). The van der Waals surface area contributed by atoms with Gasteiger partial charge in [0.05, 0.1) is 6.61 Å². The van der Waals surface area contributed by atoms with E-state index in [4.69, 9.17) is 4.74 Å². The van der Waals surface area contributed by atoms with E-state index in [-0.39, 0.29) is 0 Å². The van der Waals surface area contributed by atoms with E-state index in [2.05, 4.69) is 44.9 Å². The highest BCUT2D eigenvalue weighted by Crippen LogP contribution is 2.05. The van der Waals surface area contributed by atoms with Crippen LogP contribution in [0.4, 0.5) is 0 Å². The molecule has 1 nitrogen and oxygen atoms in total. The van der Waals surface area contributed by atoms with Gasteiger partial charge >= 0.3 is 0 Å². The van der Waals surface area contributed by atoms with E-state index in [9.17, 15) is 0 Å². The summed E-state index contributed by atoms with van der Waals surface area (Å²) in [6.07, 6.45) is 3.98. The van der Waals surface area contributed by atoms with Gasteiger partial charge in [0.2, 0.25) is 0 Å². The molecule has 0 aliphatic rings. The standard InChI is InChI=1S/C12H16O.C8H8.C2H4/c1-3-13-10-11(2)9-12-7-5-4-6-8-12;1-2-8-6-4-3-5-7-8;1-2/h4-9H,3,10H2,1-2H3;2-7H,1H2;1-2H2. The molecule has 0 bridgehead atoms. The molecule has 0 amide bonds. The van der Waals surface area contributed by atoms with Gasteiger partial charge in [-0.1, -0.05) is 79.4 Å². The summed E-state index contributed by atoms with van der Waals surface area (Å²) in [6.45, 7) is 15.2. The Labute approximate surface area is 141 Å². The summed E-state index contributed by atoms with van der Waals surface area (Å²) in [7, 11) is 0. The highest BCUT2D eigenvalue weighted by atomic mass is 16.5. The van der Waals surface area contributed by atoms with Crippen LogP contribution in [0.1, 0.15) is 25.0 Å². The first kappa shape index (κ1) is 20.6. The van der Waals surface area contributed by atoms with Crippen LogP contribution in [-0.4, -0.2) is 13.2 Å². The van der Waals surface area contributed by atoms with Gasteiger partial charge < -0.3 is 4.74 Å². The third-order valence-electron chi connectivity index (χ3n) is 2.78. The maximum atomic E-state index is 5.30. The molecule has 23 heavy (non-hydrogen) atoms. The van der Waals surface area contributed by atoms with Crippen molar-refractivity contribution in [2.75, 3.05) is 13.2 Å². The van der Waals surface area contributed by atoms with Crippen LogP contribution in [0.25, 0.3) is 12.2 Å². The molecule has 0 saturated carbocycles. The van der Waals surface area contributed by atoms with Crippen molar-refractivity contribution in [1.82, 2.24) is 0 Å². The molecule has 0 unspecified atom stereocenters. The first-order chi connectivity index (χ1) is 11.3. The van der Waals surface area contributed by atoms with E-state index in [0.29, 0.717) is 0 Å². The lowest BCUT2D eigenvalue weighted by Gasteiger charge is -2.01. The van der Waals surface area contributed by atoms with Crippen molar-refractivity contribution in [2.24, 2.45) is 0 Å². The normalized spacial score (nSPS) is 9.74. The maximum Gasteiger partial charge on any atom is 0.0677 e. The zero-order valence-corrected chi connectivity index (χ0v) is 14.4. The predicted molar refractivity (Wildman–Crippen MR) is 104 cm³/mol. The van der Waals surface area contributed by atoms with Crippen LogP contribution in [0.5, 0.6) is 0 Å². The molecule has 0 radical (unpaired) electrons. The van der Waals surface area contributed by atoms with E-state index < -0.39 is 0 Å². The quantitative estimate of drug-likeness (QED) is 0.592. The Hall–Kier alpha value is -2.38. The second-order valence-electron chi connectivity index (χ2n) is 4.65. The molecule has 0 N–H and O–H groups in total. The molecule has 122 valence electrons. The van der Waals surface area contributed by atoms with Gasteiger partial charge in [0.1, 0.15) is 0 Å². The average molecular weight is 308 g/mol. The first-order valence-corrected chi connectivity index (χ1v) is 7.73. The van der Waals surface area contributed by atoms with Crippen LogP contribution >= 0.6 is 0 Å². The number of ether oxygens (including phenoxy) is 1. The Balaban J connectivity index is 0.000000414. The fourth-order valence-electron chi connectivity index (χ4n) is 1.73. The van der Waals surface area contributed by atoms with Crippen molar-refractivity contribution in [2.45, 2.75) is 13.8 Å². The number of hydrogen-bond donors (Lipinski definition) is 0. The van der Waals surface area contributed by atoms with Crippen LogP contribution in [0, 0.1) is 0 Å². The monoisotopic (exact) mass is 308 g/mol. The smallest absolute Gasteiger partial charge is 0.0677 e. The summed E-state index contributed by atoms with van der Waals surface area (Å²) < 4.78 is 5.30. The van der Waals surface area contributed by atoms with Gasteiger partial charge in [-0.3, -0.25) is 0 Å². The lowest BCUT2D eigenvalue weighted by atomic mass is 10.1. The molecule has 0 fully saturated rings. The fourth-order valence-corrected chi connectivity index (χ4v) is 1.73. The largest absolute Gasteiger partial charge is 0.377 e. The van der Waals surface area contributed by atoms with E-state index in [0.717, 1.165) is 13.2 Å². The van der Waals surface area contributed by atoms with E-state index in [1.165, 1.54) is 16.7 Å². The Morgan fingerprint density at radius 1 is 0.913 bits per heavy atom. The number of rotatable bonds is 5. The second kappa shape index (κ2) is 14.6. The van der Waals surface area contributed by atoms with Crippen molar-refractivity contribution < 1.29 is 4.74 Å². The van der Waals surface area contributed by atoms with Crippen molar-refractivity contribution >= 4 is 12.2 Å². The fraction of sp³-hybridized carbons (Fsp3) is 0.182. The van der Waals surface area contributed by atoms with Crippen molar-refractivity contribution in [3.05, 3.63) is 97.1 Å². The molecule has 0 aliphatic carbocycles. The highest BCUT2D eigenvalue weighted by Gasteiger charge is 1.89. The lowest BCUT2D eigenvalue weighted by Crippen LogP contribution is -1.94. The van der Waals surface area contributed by atoms with Gasteiger partial charge in [0.25, 0.3) is 0 Å². The molecular formula is C22H28O. The molecule has 0 spiro atoms. The third-order valence-corrected chi connectivity index (χ3v) is 2.78. The van der Waals surface area contributed by atoms with Gasteiger partial charge in [0.15, 0.2) is 0 Å². The van der Waals surface area contributed by atoms with Crippen LogP contribution in [0.2, 0.25) is 0 Å². The van der Waals surface area contributed by atoms with Crippen molar-refractivity contribution in [1.29, 1.82) is 0 Å². The lowest BCUT2D eigenvalue weighted by molar-refractivity contribution is 0.171. The molecule has 1 heteroatoms. The summed E-state index contributed by atoms with van der Waals surface area (Å²) in [4.78, 5) is 0. The van der Waals surface area contributed by atoms with E-state index in [1.54, 1.807) is 0 Å². The molecule has 2 aromatic carbocycles. The minimum atomic E-state index is 0.728. The molecule has 2 aromatic rings. The maximum absolute atomic E-state index is 5.30. The van der Waals surface area contributed by atoms with Crippen LogP contribution in [0.15, 0.2) is 86.0 Å². The Morgan fingerprint density at radius 2 is 1.39 bits per heavy atom. The van der Waals surface area contributed by atoms with E-state index in [1.807, 2.05) is 61.5 Å². The summed E-state index contributed by atoms with van der Waals surface area (Å²) in [5.41, 5.74) is 3.67. The molecular weight excluding hydrogens is 280 g/mol. The van der Waals surface area contributed by atoms with Gasteiger partial charge in [-0.05, 0) is 30.5 Å². The SMILES string of the molecule is C=C.C=Cc1ccccc1.CCOCC(C)=Cc1ccccc1. The average Bonchev–Trinajstić information content (AvgIpc) is 2.64. The first-order valence-electron chi connectivity index (χ1n) is 7.73. The van der Waals surface area contributed by atoms with Crippen LogP contribution in [-0.2, 0) is 4.74 Å². The molecule has 0 heterocycles. The highest BCUT2D eigenvalue weighted by molar-refractivity contribution is 5.52. The van der Waals surface area contributed by atoms with Crippen molar-refractivity contribution in [3.63, 3.8) is 0 Å². The zero-order chi connectivity index (χ0) is 17.3. The second-order valence-corrected chi connectivity index (χ2v) is 4.65. The minimum absolute atomic E-state index is 0.728. The number of benzene rings is 2. The van der Waals surface area contributed by atoms with Crippen LogP contribution in [0.3, 0.4) is 0 Å². The van der Waals surface area contributed by atoms with E-state index >= 15 is 0 Å². The molecule has 0 aromatic heterocycles. The summed E-state index contributed by atoms with van der Waals surface area (Å²) in [6, 6.07) is 20.3. The minimum Gasteiger partial charge on any atom is -0.377 e. The number of hydrogen-bond acceptors (Lipinski definition) is 1. The Bertz CT molecular complexity index is 541. The third kappa shape index (κ3) is 10.9. The Kier molecular flexibility index (Phi) is 13.0. The summed E-state index contributed by atoms with van der Waals surface area (Å²) >= 11 is 0. The zero-order valence-electron chi connectivity index (χ0n) is 14.4. The van der Waals surface area contributed by atoms with Gasteiger partial charge in [0, 0.05) is 6.61 Å². The molecule has 0 saturated heterocycles. The molecule has 0 aliphatic heterocycles. The summed E-state index contributed by atoms with van der Waals surface area (Å²) in [5.74, 6) is 0. The van der Waals surface area contributed by atoms with Crippen molar-refractivity contribution in [3.8, 4) is 0 Å². The van der Waals surface area contributed by atoms with Crippen LogP contribution < -0.4 is 0 Å². The van der Waals surface area contributed by atoms with Gasteiger partial charge in [-0.25, -0.2) is 0 Å². The van der Waals surface area contributed by atoms with Gasteiger partial charge in [-0.2, -0.15) is 0 Å². The topological polar surface area (TPSA) is 9.23 Å². The molecule has 0 atom stereocenters. The summed E-state index contributed by atoms with van der Waals surface area (Å²) in [5, 5.41) is 0. The van der Waals surface area contributed by atoms with Gasteiger partial charge in [-0.15, -0.1) is 13.2 Å².